The van der Waals surface area contributed by atoms with Crippen LogP contribution in [0.25, 0.3) is 0 Å². The van der Waals surface area contributed by atoms with E-state index in [-0.39, 0.29) is 41.3 Å². The lowest BCUT2D eigenvalue weighted by Gasteiger charge is -2.06. The normalized spacial score (nSPS) is 10.6. The second-order valence-corrected chi connectivity index (χ2v) is 7.23. The number of benzene rings is 2. The molecule has 4 N–H and O–H groups in total. The van der Waals surface area contributed by atoms with Crippen molar-refractivity contribution in [1.29, 1.82) is 0 Å². The molecular formula is C17H18O6S2. The lowest BCUT2D eigenvalue weighted by molar-refractivity contribution is -0.140. The van der Waals surface area contributed by atoms with E-state index in [4.69, 9.17) is 4.74 Å². The first-order chi connectivity index (χ1) is 12.0. The summed E-state index contributed by atoms with van der Waals surface area (Å²) in [6, 6.07) is 8.97. The zero-order chi connectivity index (χ0) is 18.2. The monoisotopic (exact) mass is 382 g/mol. The molecule has 0 saturated carbocycles. The van der Waals surface area contributed by atoms with E-state index in [1.54, 1.807) is 12.1 Å². The van der Waals surface area contributed by atoms with E-state index in [0.717, 1.165) is 4.90 Å². The Labute approximate surface area is 153 Å². The van der Waals surface area contributed by atoms with E-state index in [1.165, 1.54) is 47.8 Å². The Bertz CT molecular complexity index is 735. The first kappa shape index (κ1) is 19.1. The topological polar surface area (TPSA) is 107 Å². The first-order valence-electron chi connectivity index (χ1n) is 7.41. The van der Waals surface area contributed by atoms with E-state index in [9.17, 15) is 25.2 Å². The van der Waals surface area contributed by atoms with Gasteiger partial charge in [0.05, 0.1) is 12.4 Å². The third-order valence-electron chi connectivity index (χ3n) is 3.07. The predicted molar refractivity (Wildman–Crippen MR) is 96.6 cm³/mol. The van der Waals surface area contributed by atoms with Crippen molar-refractivity contribution in [2.45, 2.75) is 16.2 Å². The summed E-state index contributed by atoms with van der Waals surface area (Å²) in [6.07, 6.45) is 0.655. The van der Waals surface area contributed by atoms with Gasteiger partial charge in [0.15, 0.2) is 23.0 Å². The smallest absolute Gasteiger partial charge is 0.316 e. The molecule has 0 aliphatic rings. The Kier molecular flexibility index (Phi) is 7.15. The third-order valence-corrected chi connectivity index (χ3v) is 5.12. The van der Waals surface area contributed by atoms with Crippen LogP contribution in [0.2, 0.25) is 0 Å². The largest absolute Gasteiger partial charge is 0.504 e. The zero-order valence-corrected chi connectivity index (χ0v) is 14.8. The minimum absolute atomic E-state index is 0.114. The average Bonchev–Trinajstić information content (AvgIpc) is 2.58. The molecule has 8 heteroatoms. The fourth-order valence-electron chi connectivity index (χ4n) is 1.80. The standard InChI is InChI=1S/C17H18O6S2/c18-13-4-2-11(8-15(13)20)24-7-1-6-23-17(22)10-25-12-3-5-14(19)16(21)9-12/h2-5,8-9,18-21H,1,6-7,10H2. The highest BCUT2D eigenvalue weighted by Crippen LogP contribution is 2.31. The first-order valence-corrected chi connectivity index (χ1v) is 9.38. The van der Waals surface area contributed by atoms with Gasteiger partial charge in [-0.25, -0.2) is 0 Å². The van der Waals surface area contributed by atoms with Crippen LogP contribution >= 0.6 is 23.5 Å². The second kappa shape index (κ2) is 9.33. The van der Waals surface area contributed by atoms with Gasteiger partial charge in [-0.05, 0) is 42.8 Å². The fourth-order valence-corrected chi connectivity index (χ4v) is 3.39. The maximum Gasteiger partial charge on any atom is 0.316 e. The summed E-state index contributed by atoms with van der Waals surface area (Å²) in [4.78, 5) is 13.1. The average molecular weight is 382 g/mol. The van der Waals surface area contributed by atoms with E-state index >= 15 is 0 Å². The van der Waals surface area contributed by atoms with Crippen LogP contribution in [-0.4, -0.2) is 44.5 Å². The number of aromatic hydroxyl groups is 4. The fraction of sp³-hybridized carbons (Fsp3) is 0.235. The molecule has 0 radical (unpaired) electrons. The number of hydrogen-bond donors (Lipinski definition) is 4. The highest BCUT2D eigenvalue weighted by atomic mass is 32.2. The number of carbonyl (C=O) groups excluding carboxylic acids is 1. The van der Waals surface area contributed by atoms with Crippen LogP contribution in [0.1, 0.15) is 6.42 Å². The molecular weight excluding hydrogens is 364 g/mol. The van der Waals surface area contributed by atoms with Gasteiger partial charge < -0.3 is 25.2 Å². The van der Waals surface area contributed by atoms with Crippen molar-refractivity contribution in [1.82, 2.24) is 0 Å². The Hall–Kier alpha value is -2.19. The quantitative estimate of drug-likeness (QED) is 0.238. The number of ether oxygens (including phenoxy) is 1. The predicted octanol–water partition coefficient (Wildman–Crippen LogP) is 3.33. The van der Waals surface area contributed by atoms with Gasteiger partial charge in [-0.15, -0.1) is 23.5 Å². The van der Waals surface area contributed by atoms with Crippen molar-refractivity contribution in [3.8, 4) is 23.0 Å². The van der Waals surface area contributed by atoms with Gasteiger partial charge in [0, 0.05) is 15.5 Å². The van der Waals surface area contributed by atoms with Crippen molar-refractivity contribution in [3.05, 3.63) is 36.4 Å². The maximum atomic E-state index is 11.7. The van der Waals surface area contributed by atoms with Crippen molar-refractivity contribution < 1.29 is 30.0 Å². The van der Waals surface area contributed by atoms with Crippen LogP contribution in [-0.2, 0) is 9.53 Å². The number of phenolic OH excluding ortho intramolecular Hbond substituents is 4. The van der Waals surface area contributed by atoms with Crippen LogP contribution in [0.5, 0.6) is 23.0 Å². The number of hydrogen-bond acceptors (Lipinski definition) is 8. The molecule has 0 aromatic heterocycles. The minimum atomic E-state index is -0.357. The minimum Gasteiger partial charge on any atom is -0.504 e. The van der Waals surface area contributed by atoms with E-state index in [0.29, 0.717) is 17.1 Å². The molecule has 6 nitrogen and oxygen atoms in total. The van der Waals surface area contributed by atoms with E-state index in [2.05, 4.69) is 0 Å². The van der Waals surface area contributed by atoms with Gasteiger partial charge >= 0.3 is 5.97 Å². The SMILES string of the molecule is O=C(CSc1ccc(O)c(O)c1)OCCCSc1ccc(O)c(O)c1. The molecule has 0 spiro atoms. The summed E-state index contributed by atoms with van der Waals surface area (Å²) in [5, 5.41) is 37.2. The van der Waals surface area contributed by atoms with Gasteiger partial charge in [0.1, 0.15) is 0 Å². The Morgan fingerprint density at radius 1 is 0.840 bits per heavy atom. The van der Waals surface area contributed by atoms with Gasteiger partial charge in [-0.1, -0.05) is 0 Å². The Morgan fingerprint density at radius 3 is 1.96 bits per heavy atom. The van der Waals surface area contributed by atoms with Gasteiger partial charge in [0.25, 0.3) is 0 Å². The summed E-state index contributed by atoms with van der Waals surface area (Å²) >= 11 is 2.70. The van der Waals surface area contributed by atoms with Crippen molar-refractivity contribution in [2.75, 3.05) is 18.1 Å². The van der Waals surface area contributed by atoms with Crippen molar-refractivity contribution >= 4 is 29.5 Å². The summed E-state index contributed by atoms with van der Waals surface area (Å²) < 4.78 is 5.12. The van der Waals surface area contributed by atoms with Crippen molar-refractivity contribution in [3.63, 3.8) is 0 Å². The van der Waals surface area contributed by atoms with Crippen LogP contribution in [0, 0.1) is 0 Å². The summed E-state index contributed by atoms with van der Waals surface area (Å²) in [5.74, 6) is -0.280. The maximum absolute atomic E-state index is 11.7. The molecule has 2 rings (SSSR count). The molecule has 2 aromatic carbocycles. The van der Waals surface area contributed by atoms with Gasteiger partial charge in [-0.3, -0.25) is 4.79 Å². The lowest BCUT2D eigenvalue weighted by atomic mass is 10.3. The number of rotatable bonds is 8. The number of carbonyl (C=O) groups is 1. The summed E-state index contributed by atoms with van der Waals surface area (Å²) in [6.45, 7) is 0.289. The molecule has 0 unspecified atom stereocenters. The van der Waals surface area contributed by atoms with Crippen LogP contribution in [0.4, 0.5) is 0 Å². The summed E-state index contributed by atoms with van der Waals surface area (Å²) in [5.41, 5.74) is 0. The highest BCUT2D eigenvalue weighted by Gasteiger charge is 2.07. The molecule has 134 valence electrons. The second-order valence-electron chi connectivity index (χ2n) is 5.01. The Balaban J connectivity index is 1.61. The number of thioether (sulfide) groups is 2. The zero-order valence-electron chi connectivity index (χ0n) is 13.2. The summed E-state index contributed by atoms with van der Waals surface area (Å²) in [7, 11) is 0. The third kappa shape index (κ3) is 6.32. The van der Waals surface area contributed by atoms with E-state index in [1.807, 2.05) is 0 Å². The number of esters is 1. The van der Waals surface area contributed by atoms with E-state index < -0.39 is 0 Å². The molecule has 0 heterocycles. The van der Waals surface area contributed by atoms with Crippen LogP contribution in [0.3, 0.4) is 0 Å². The van der Waals surface area contributed by atoms with Crippen LogP contribution < -0.4 is 0 Å². The lowest BCUT2D eigenvalue weighted by Crippen LogP contribution is -2.08. The molecule has 0 aliphatic carbocycles. The molecule has 0 amide bonds. The van der Waals surface area contributed by atoms with Gasteiger partial charge in [-0.2, -0.15) is 0 Å². The highest BCUT2D eigenvalue weighted by molar-refractivity contribution is 8.00. The molecule has 0 aliphatic heterocycles. The molecule has 0 atom stereocenters. The van der Waals surface area contributed by atoms with Crippen LogP contribution in [0.15, 0.2) is 46.2 Å². The van der Waals surface area contributed by atoms with Gasteiger partial charge in [0.2, 0.25) is 0 Å². The molecule has 0 fully saturated rings. The molecule has 25 heavy (non-hydrogen) atoms. The molecule has 2 aromatic rings. The molecule has 0 saturated heterocycles. The van der Waals surface area contributed by atoms with Crippen molar-refractivity contribution in [2.24, 2.45) is 0 Å². The Morgan fingerprint density at radius 2 is 1.40 bits per heavy atom. The molecule has 0 bridgehead atoms. The number of phenols is 4.